The molecule has 140 valence electrons. The second-order valence-corrected chi connectivity index (χ2v) is 6.84. The van der Waals surface area contributed by atoms with Crippen LogP contribution in [0.3, 0.4) is 0 Å². The predicted octanol–water partition coefficient (Wildman–Crippen LogP) is 3.29. The smallest absolute Gasteiger partial charge is 0.253 e. The fraction of sp³-hybridized carbons (Fsp3) is 0.286. The summed E-state index contributed by atoms with van der Waals surface area (Å²) in [6, 6.07) is 11.4. The Labute approximate surface area is 159 Å². The molecule has 0 saturated carbocycles. The molecule has 0 bridgehead atoms. The Morgan fingerprint density at radius 1 is 1.07 bits per heavy atom. The standard InChI is InChI=1S/C21H25N5O/c1-13-19(9-10-20(22)23-13)16-5-7-17(8-6-16)21(27)26(4)12-11-18-14(2)24-25-15(18)3/h5-10H,11-12H2,1-4H3,(H2,22,23)(H,24,25). The van der Waals surface area contributed by atoms with Crippen molar-refractivity contribution in [3.8, 4) is 11.1 Å². The number of carbonyl (C=O) groups excluding carboxylic acids is 1. The maximum absolute atomic E-state index is 12.7. The Morgan fingerprint density at radius 3 is 2.37 bits per heavy atom. The van der Waals surface area contributed by atoms with Gasteiger partial charge < -0.3 is 10.6 Å². The molecule has 0 atom stereocenters. The zero-order valence-electron chi connectivity index (χ0n) is 16.2. The number of H-pyrrole nitrogens is 1. The third-order valence-electron chi connectivity index (χ3n) is 4.87. The highest BCUT2D eigenvalue weighted by atomic mass is 16.2. The van der Waals surface area contributed by atoms with Crippen molar-refractivity contribution < 1.29 is 4.79 Å². The second kappa shape index (κ2) is 7.61. The van der Waals surface area contributed by atoms with Crippen molar-refractivity contribution in [2.45, 2.75) is 27.2 Å². The molecule has 3 aromatic rings. The van der Waals surface area contributed by atoms with Gasteiger partial charge in [-0.2, -0.15) is 5.10 Å². The van der Waals surface area contributed by atoms with Crippen LogP contribution in [-0.2, 0) is 6.42 Å². The number of amides is 1. The van der Waals surface area contributed by atoms with Crippen molar-refractivity contribution in [3.63, 3.8) is 0 Å². The predicted molar refractivity (Wildman–Crippen MR) is 108 cm³/mol. The largest absolute Gasteiger partial charge is 0.384 e. The Morgan fingerprint density at radius 2 is 1.78 bits per heavy atom. The number of hydrogen-bond donors (Lipinski definition) is 2. The van der Waals surface area contributed by atoms with Crippen molar-refractivity contribution in [3.05, 3.63) is 64.6 Å². The molecule has 6 heteroatoms. The van der Waals surface area contributed by atoms with E-state index in [-0.39, 0.29) is 5.91 Å². The van der Waals surface area contributed by atoms with Gasteiger partial charge in [0.05, 0.1) is 5.69 Å². The molecule has 2 heterocycles. The minimum absolute atomic E-state index is 0.00695. The Hall–Kier alpha value is -3.15. The second-order valence-electron chi connectivity index (χ2n) is 6.84. The number of hydrogen-bond acceptors (Lipinski definition) is 4. The summed E-state index contributed by atoms with van der Waals surface area (Å²) in [7, 11) is 1.83. The number of nitrogens with zero attached hydrogens (tertiary/aromatic N) is 3. The van der Waals surface area contributed by atoms with Gasteiger partial charge in [0.25, 0.3) is 5.91 Å². The molecule has 6 nitrogen and oxygen atoms in total. The molecule has 0 unspecified atom stereocenters. The molecule has 0 spiro atoms. The van der Waals surface area contributed by atoms with E-state index in [1.54, 1.807) is 11.0 Å². The van der Waals surface area contributed by atoms with Crippen LogP contribution < -0.4 is 5.73 Å². The molecule has 0 aliphatic carbocycles. The number of nitrogens with one attached hydrogen (secondary N) is 1. The fourth-order valence-corrected chi connectivity index (χ4v) is 3.22. The van der Waals surface area contributed by atoms with E-state index in [1.807, 2.05) is 58.2 Å². The number of rotatable bonds is 5. The van der Waals surface area contributed by atoms with Gasteiger partial charge in [0.2, 0.25) is 0 Å². The SMILES string of the molecule is Cc1nc(N)ccc1-c1ccc(C(=O)N(C)CCc2c(C)n[nH]c2C)cc1. The zero-order valence-corrected chi connectivity index (χ0v) is 16.2. The zero-order chi connectivity index (χ0) is 19.6. The number of pyridine rings is 1. The molecule has 0 fully saturated rings. The van der Waals surface area contributed by atoms with E-state index < -0.39 is 0 Å². The lowest BCUT2D eigenvalue weighted by Crippen LogP contribution is -2.29. The molecule has 1 aromatic carbocycles. The van der Waals surface area contributed by atoms with Crippen molar-refractivity contribution in [2.24, 2.45) is 0 Å². The summed E-state index contributed by atoms with van der Waals surface area (Å²) < 4.78 is 0. The summed E-state index contributed by atoms with van der Waals surface area (Å²) in [5.74, 6) is 0.514. The van der Waals surface area contributed by atoms with Crippen LogP contribution in [0.25, 0.3) is 11.1 Å². The minimum atomic E-state index is 0.00695. The van der Waals surface area contributed by atoms with Gasteiger partial charge >= 0.3 is 0 Å². The molecule has 27 heavy (non-hydrogen) atoms. The number of carbonyl (C=O) groups is 1. The first-order valence-electron chi connectivity index (χ1n) is 8.96. The van der Waals surface area contributed by atoms with E-state index in [0.29, 0.717) is 17.9 Å². The van der Waals surface area contributed by atoms with E-state index in [1.165, 1.54) is 5.56 Å². The van der Waals surface area contributed by atoms with E-state index in [0.717, 1.165) is 34.6 Å². The average molecular weight is 363 g/mol. The Kier molecular flexibility index (Phi) is 5.26. The molecule has 2 aromatic heterocycles. The molecular weight excluding hydrogens is 338 g/mol. The van der Waals surface area contributed by atoms with Crippen LogP contribution in [0.2, 0.25) is 0 Å². The van der Waals surface area contributed by atoms with Gasteiger partial charge in [0, 0.05) is 36.1 Å². The fourth-order valence-electron chi connectivity index (χ4n) is 3.22. The molecule has 3 N–H and O–H groups in total. The van der Waals surface area contributed by atoms with Gasteiger partial charge in [0.1, 0.15) is 5.82 Å². The number of aryl methyl sites for hydroxylation is 3. The third-order valence-corrected chi connectivity index (χ3v) is 4.87. The Bertz CT molecular complexity index is 940. The summed E-state index contributed by atoms with van der Waals surface area (Å²) in [5.41, 5.74) is 12.5. The van der Waals surface area contributed by atoms with Crippen molar-refractivity contribution >= 4 is 11.7 Å². The highest BCUT2D eigenvalue weighted by Gasteiger charge is 2.14. The summed E-state index contributed by atoms with van der Waals surface area (Å²) in [6.07, 6.45) is 0.783. The van der Waals surface area contributed by atoms with Gasteiger partial charge in [-0.3, -0.25) is 9.89 Å². The van der Waals surface area contributed by atoms with Gasteiger partial charge in [0.15, 0.2) is 0 Å². The third kappa shape index (κ3) is 4.00. The Balaban J connectivity index is 1.69. The van der Waals surface area contributed by atoms with Crippen molar-refractivity contribution in [2.75, 3.05) is 19.3 Å². The maximum Gasteiger partial charge on any atom is 0.253 e. The first kappa shape index (κ1) is 18.6. The van der Waals surface area contributed by atoms with Crippen molar-refractivity contribution in [1.29, 1.82) is 0 Å². The van der Waals surface area contributed by atoms with Crippen LogP contribution in [0.15, 0.2) is 36.4 Å². The number of aromatic amines is 1. The maximum atomic E-state index is 12.7. The molecule has 0 saturated heterocycles. The normalized spacial score (nSPS) is 10.8. The van der Waals surface area contributed by atoms with Gasteiger partial charge in [-0.1, -0.05) is 12.1 Å². The summed E-state index contributed by atoms with van der Waals surface area (Å²) >= 11 is 0. The first-order chi connectivity index (χ1) is 12.9. The molecule has 0 radical (unpaired) electrons. The van der Waals surface area contributed by atoms with Gasteiger partial charge in [-0.05, 0) is 62.6 Å². The number of nitrogens with two attached hydrogens (primary N) is 1. The van der Waals surface area contributed by atoms with Gasteiger partial charge in [-0.15, -0.1) is 0 Å². The van der Waals surface area contributed by atoms with Gasteiger partial charge in [-0.25, -0.2) is 4.98 Å². The number of benzene rings is 1. The average Bonchev–Trinajstić information content (AvgIpc) is 2.97. The van der Waals surface area contributed by atoms with E-state index in [9.17, 15) is 4.79 Å². The molecule has 0 aliphatic heterocycles. The lowest BCUT2D eigenvalue weighted by atomic mass is 10.0. The topological polar surface area (TPSA) is 87.9 Å². The van der Waals surface area contributed by atoms with Crippen LogP contribution in [0, 0.1) is 20.8 Å². The van der Waals surface area contributed by atoms with E-state index in [4.69, 9.17) is 5.73 Å². The number of likely N-dealkylation sites (N-methyl/N-ethyl adjacent to an activating group) is 1. The molecule has 3 rings (SSSR count). The minimum Gasteiger partial charge on any atom is -0.384 e. The summed E-state index contributed by atoms with van der Waals surface area (Å²) in [4.78, 5) is 18.7. The highest BCUT2D eigenvalue weighted by Crippen LogP contribution is 2.23. The summed E-state index contributed by atoms with van der Waals surface area (Å²) in [6.45, 7) is 6.55. The van der Waals surface area contributed by atoms with Crippen LogP contribution in [0.1, 0.15) is 33.0 Å². The lowest BCUT2D eigenvalue weighted by molar-refractivity contribution is 0.0796. The van der Waals surface area contributed by atoms with Crippen LogP contribution in [0.4, 0.5) is 5.82 Å². The first-order valence-corrected chi connectivity index (χ1v) is 8.96. The number of anilines is 1. The number of aromatic nitrogens is 3. The molecule has 0 aliphatic rings. The number of nitrogen functional groups attached to an aromatic ring is 1. The van der Waals surface area contributed by atoms with E-state index >= 15 is 0 Å². The monoisotopic (exact) mass is 363 g/mol. The lowest BCUT2D eigenvalue weighted by Gasteiger charge is -2.17. The van der Waals surface area contributed by atoms with Crippen molar-refractivity contribution in [1.82, 2.24) is 20.1 Å². The van der Waals surface area contributed by atoms with Crippen LogP contribution >= 0.6 is 0 Å². The van der Waals surface area contributed by atoms with Crippen LogP contribution in [0.5, 0.6) is 0 Å². The van der Waals surface area contributed by atoms with E-state index in [2.05, 4.69) is 15.2 Å². The molecular formula is C21H25N5O. The van der Waals surface area contributed by atoms with Crippen LogP contribution in [-0.4, -0.2) is 39.6 Å². The molecule has 1 amide bonds. The highest BCUT2D eigenvalue weighted by molar-refractivity contribution is 5.94. The quantitative estimate of drug-likeness (QED) is 0.728. The summed E-state index contributed by atoms with van der Waals surface area (Å²) in [5, 5.41) is 7.19.